The Kier molecular flexibility index (Phi) is 7.72. The van der Waals surface area contributed by atoms with Crippen LogP contribution < -0.4 is 14.8 Å². The molecular formula is C19H28N2O5. The summed E-state index contributed by atoms with van der Waals surface area (Å²) in [5.41, 5.74) is 0. The molecule has 2 atom stereocenters. The van der Waals surface area contributed by atoms with E-state index in [-0.39, 0.29) is 23.8 Å². The van der Waals surface area contributed by atoms with Gasteiger partial charge in [0.05, 0.1) is 26.2 Å². The van der Waals surface area contributed by atoms with Crippen molar-refractivity contribution in [2.45, 2.75) is 25.8 Å². The van der Waals surface area contributed by atoms with E-state index in [9.17, 15) is 9.59 Å². The number of methoxy groups -OCH3 is 2. The fraction of sp³-hybridized carbons (Fsp3) is 0.579. The average Bonchev–Trinajstić information content (AvgIpc) is 2.65. The third-order valence-corrected chi connectivity index (χ3v) is 4.66. The van der Waals surface area contributed by atoms with Crippen molar-refractivity contribution in [3.63, 3.8) is 0 Å². The van der Waals surface area contributed by atoms with E-state index < -0.39 is 0 Å². The molecule has 1 aliphatic heterocycles. The number of amides is 2. The Morgan fingerprint density at radius 1 is 1.23 bits per heavy atom. The van der Waals surface area contributed by atoms with Gasteiger partial charge in [-0.2, -0.15) is 0 Å². The normalized spacial score (nSPS) is 20.0. The summed E-state index contributed by atoms with van der Waals surface area (Å²) in [7, 11) is 3.19. The molecule has 1 fully saturated rings. The summed E-state index contributed by atoms with van der Waals surface area (Å²) >= 11 is 0. The summed E-state index contributed by atoms with van der Waals surface area (Å²) < 4.78 is 15.9. The molecule has 0 spiro atoms. The molecule has 1 aromatic rings. The van der Waals surface area contributed by atoms with Crippen LogP contribution in [-0.4, -0.2) is 63.3 Å². The maximum absolute atomic E-state index is 12.5. The average molecular weight is 364 g/mol. The molecule has 2 rings (SSSR count). The Morgan fingerprint density at radius 3 is 2.65 bits per heavy atom. The Hall–Kier alpha value is -2.28. The Balaban J connectivity index is 1.80. The third kappa shape index (κ3) is 5.11. The minimum absolute atomic E-state index is 0.0453. The first-order valence-corrected chi connectivity index (χ1v) is 8.90. The molecule has 0 bridgehead atoms. The predicted octanol–water partition coefficient (Wildman–Crippen LogP) is 1.46. The van der Waals surface area contributed by atoms with Crippen LogP contribution in [0.4, 0.5) is 0 Å². The molecule has 1 heterocycles. The second-order valence-corrected chi connectivity index (χ2v) is 6.26. The first-order chi connectivity index (χ1) is 12.6. The van der Waals surface area contributed by atoms with Crippen LogP contribution in [0.3, 0.4) is 0 Å². The molecule has 0 saturated carbocycles. The molecule has 2 amide bonds. The van der Waals surface area contributed by atoms with Crippen molar-refractivity contribution in [3.05, 3.63) is 24.3 Å². The highest BCUT2D eigenvalue weighted by atomic mass is 16.5. The van der Waals surface area contributed by atoms with Crippen molar-refractivity contribution in [2.24, 2.45) is 5.92 Å². The maximum atomic E-state index is 12.5. The lowest BCUT2D eigenvalue weighted by Gasteiger charge is -2.38. The van der Waals surface area contributed by atoms with Gasteiger partial charge in [-0.05, 0) is 25.5 Å². The smallest absolute Gasteiger partial charge is 0.225 e. The first kappa shape index (κ1) is 20.0. The predicted molar refractivity (Wildman–Crippen MR) is 97.3 cm³/mol. The van der Waals surface area contributed by atoms with Crippen LogP contribution in [0.15, 0.2) is 24.3 Å². The van der Waals surface area contributed by atoms with Crippen LogP contribution in [0, 0.1) is 5.92 Å². The number of carbonyl (C=O) groups excluding carboxylic acids is 2. The molecule has 0 aliphatic carbocycles. The highest BCUT2D eigenvalue weighted by Gasteiger charge is 2.36. The van der Waals surface area contributed by atoms with Crippen LogP contribution in [0.1, 0.15) is 19.8 Å². The van der Waals surface area contributed by atoms with Gasteiger partial charge in [-0.25, -0.2) is 0 Å². The van der Waals surface area contributed by atoms with Gasteiger partial charge >= 0.3 is 0 Å². The van der Waals surface area contributed by atoms with Crippen molar-refractivity contribution >= 4 is 11.8 Å². The van der Waals surface area contributed by atoms with Crippen LogP contribution in [0.2, 0.25) is 0 Å². The highest BCUT2D eigenvalue weighted by molar-refractivity contribution is 5.84. The van der Waals surface area contributed by atoms with Gasteiger partial charge in [-0.3, -0.25) is 9.59 Å². The number of piperidine rings is 1. The van der Waals surface area contributed by atoms with Gasteiger partial charge in [-0.15, -0.1) is 0 Å². The van der Waals surface area contributed by atoms with Crippen molar-refractivity contribution in [1.29, 1.82) is 0 Å². The lowest BCUT2D eigenvalue weighted by molar-refractivity contribution is -0.143. The van der Waals surface area contributed by atoms with Crippen LogP contribution in [-0.2, 0) is 14.3 Å². The molecule has 1 saturated heterocycles. The Morgan fingerprint density at radius 2 is 1.96 bits per heavy atom. The number of carbonyl (C=O) groups is 2. The summed E-state index contributed by atoms with van der Waals surface area (Å²) in [6.07, 6.45) is 0.965. The summed E-state index contributed by atoms with van der Waals surface area (Å²) in [5.74, 6) is 1.13. The van der Waals surface area contributed by atoms with Crippen molar-refractivity contribution in [1.82, 2.24) is 10.2 Å². The number of likely N-dealkylation sites (tertiary alicyclic amines) is 1. The van der Waals surface area contributed by atoms with E-state index in [4.69, 9.17) is 14.2 Å². The van der Waals surface area contributed by atoms with E-state index in [2.05, 4.69) is 5.32 Å². The van der Waals surface area contributed by atoms with E-state index >= 15 is 0 Å². The fourth-order valence-electron chi connectivity index (χ4n) is 3.18. The largest absolute Gasteiger partial charge is 0.493 e. The number of nitrogens with zero attached hydrogens (tertiary/aromatic N) is 1. The molecular weight excluding hydrogens is 336 g/mol. The number of benzene rings is 1. The zero-order valence-electron chi connectivity index (χ0n) is 15.7. The molecule has 7 nitrogen and oxygen atoms in total. The standard InChI is InChI=1S/C19H28N2O5/c1-14-15(8-9-18(22)21(14)11-13-24-2)19(23)20-10-12-26-17-7-5-4-6-16(17)25-3/h4-7,14-15H,8-13H2,1-3H3,(H,20,23)/t14-,15-/m1/s1. The molecule has 144 valence electrons. The fourth-order valence-corrected chi connectivity index (χ4v) is 3.18. The molecule has 0 aromatic heterocycles. The molecule has 1 aliphatic rings. The Labute approximate surface area is 154 Å². The van der Waals surface area contributed by atoms with Crippen molar-refractivity contribution < 1.29 is 23.8 Å². The topological polar surface area (TPSA) is 77.1 Å². The van der Waals surface area contributed by atoms with E-state index in [0.717, 1.165) is 0 Å². The minimum atomic E-state index is -0.212. The number of hydrogen-bond acceptors (Lipinski definition) is 5. The minimum Gasteiger partial charge on any atom is -0.493 e. The highest BCUT2D eigenvalue weighted by Crippen LogP contribution is 2.26. The van der Waals surface area contributed by atoms with Gasteiger partial charge in [0.25, 0.3) is 0 Å². The van der Waals surface area contributed by atoms with Crippen LogP contribution >= 0.6 is 0 Å². The zero-order chi connectivity index (χ0) is 18.9. The van der Waals surface area contributed by atoms with Gasteiger partial charge in [0.2, 0.25) is 11.8 Å². The van der Waals surface area contributed by atoms with Crippen LogP contribution in [0.5, 0.6) is 11.5 Å². The van der Waals surface area contributed by atoms with Gasteiger partial charge in [-0.1, -0.05) is 12.1 Å². The number of nitrogens with one attached hydrogen (secondary N) is 1. The monoisotopic (exact) mass is 364 g/mol. The molecule has 0 unspecified atom stereocenters. The molecule has 7 heteroatoms. The molecule has 26 heavy (non-hydrogen) atoms. The summed E-state index contributed by atoms with van der Waals surface area (Å²) in [4.78, 5) is 26.3. The summed E-state index contributed by atoms with van der Waals surface area (Å²) in [6.45, 7) is 3.64. The molecule has 1 N–H and O–H groups in total. The van der Waals surface area contributed by atoms with E-state index in [1.165, 1.54) is 0 Å². The molecule has 1 aromatic carbocycles. The second kappa shape index (κ2) is 10.0. The van der Waals surface area contributed by atoms with Crippen molar-refractivity contribution in [3.8, 4) is 11.5 Å². The van der Waals surface area contributed by atoms with Gasteiger partial charge in [0.1, 0.15) is 6.61 Å². The van der Waals surface area contributed by atoms with Crippen LogP contribution in [0.25, 0.3) is 0 Å². The lowest BCUT2D eigenvalue weighted by atomic mass is 9.89. The van der Waals surface area contributed by atoms with Crippen molar-refractivity contribution in [2.75, 3.05) is 40.5 Å². The summed E-state index contributed by atoms with van der Waals surface area (Å²) in [5, 5.41) is 2.91. The molecule has 0 radical (unpaired) electrons. The van der Waals surface area contributed by atoms with Gasteiger partial charge in [0.15, 0.2) is 11.5 Å². The number of hydrogen-bond donors (Lipinski definition) is 1. The SMILES string of the molecule is COCCN1C(=O)CC[C@@H](C(=O)NCCOc2ccccc2OC)[C@H]1C. The first-order valence-electron chi connectivity index (χ1n) is 8.90. The third-order valence-electron chi connectivity index (χ3n) is 4.66. The Bertz CT molecular complexity index is 607. The summed E-state index contributed by atoms with van der Waals surface area (Å²) in [6, 6.07) is 7.24. The number of ether oxygens (including phenoxy) is 3. The maximum Gasteiger partial charge on any atom is 0.225 e. The lowest BCUT2D eigenvalue weighted by Crippen LogP contribution is -2.52. The zero-order valence-corrected chi connectivity index (χ0v) is 15.7. The van der Waals surface area contributed by atoms with E-state index in [0.29, 0.717) is 50.6 Å². The van der Waals surface area contributed by atoms with Gasteiger partial charge in [0, 0.05) is 26.1 Å². The number of rotatable bonds is 9. The van der Waals surface area contributed by atoms with E-state index in [1.54, 1.807) is 19.1 Å². The second-order valence-electron chi connectivity index (χ2n) is 6.26. The van der Waals surface area contributed by atoms with E-state index in [1.807, 2.05) is 31.2 Å². The van der Waals surface area contributed by atoms with Gasteiger partial charge < -0.3 is 24.4 Å². The quantitative estimate of drug-likeness (QED) is 0.672. The number of para-hydroxylation sites is 2.